The van der Waals surface area contributed by atoms with Crippen LogP contribution in [0.2, 0.25) is 0 Å². The van der Waals surface area contributed by atoms with Crippen molar-refractivity contribution in [1.82, 2.24) is 4.90 Å². The molecule has 24 heavy (non-hydrogen) atoms. The summed E-state index contributed by atoms with van der Waals surface area (Å²) < 4.78 is 23.1. The lowest BCUT2D eigenvalue weighted by molar-refractivity contribution is -0.384. The van der Waals surface area contributed by atoms with Crippen LogP contribution in [-0.4, -0.2) is 62.0 Å². The highest BCUT2D eigenvalue weighted by Gasteiger charge is 2.30. The van der Waals surface area contributed by atoms with E-state index in [1.807, 2.05) is 13.0 Å². The van der Waals surface area contributed by atoms with Crippen molar-refractivity contribution in [2.45, 2.75) is 25.8 Å². The first kappa shape index (κ1) is 17.2. The molecular formula is C16H23N3O4S. The number of aryl methyl sites for hydroxylation is 1. The molecule has 0 N–H and O–H groups in total. The molecule has 1 aromatic carbocycles. The number of hydrogen-bond acceptors (Lipinski definition) is 6. The van der Waals surface area contributed by atoms with Crippen LogP contribution in [0.25, 0.3) is 0 Å². The molecule has 0 saturated carbocycles. The minimum Gasteiger partial charge on any atom is -0.371 e. The Hall–Kier alpha value is -1.67. The topological polar surface area (TPSA) is 83.8 Å². The number of piperidine rings is 1. The van der Waals surface area contributed by atoms with E-state index in [4.69, 9.17) is 0 Å². The summed E-state index contributed by atoms with van der Waals surface area (Å²) in [5, 5.41) is 10.8. The van der Waals surface area contributed by atoms with Gasteiger partial charge in [-0.25, -0.2) is 8.42 Å². The third-order valence-electron chi connectivity index (χ3n) is 5.09. The molecule has 2 saturated heterocycles. The van der Waals surface area contributed by atoms with Crippen LogP contribution in [0.1, 0.15) is 18.4 Å². The van der Waals surface area contributed by atoms with Crippen LogP contribution in [0.15, 0.2) is 18.2 Å². The van der Waals surface area contributed by atoms with Crippen LogP contribution < -0.4 is 4.90 Å². The first-order chi connectivity index (χ1) is 11.4. The maximum atomic E-state index is 11.5. The zero-order valence-electron chi connectivity index (χ0n) is 13.8. The van der Waals surface area contributed by atoms with Crippen molar-refractivity contribution in [2.75, 3.05) is 42.6 Å². The van der Waals surface area contributed by atoms with E-state index in [1.165, 1.54) is 0 Å². The third kappa shape index (κ3) is 3.70. The zero-order valence-corrected chi connectivity index (χ0v) is 14.7. The van der Waals surface area contributed by atoms with Crippen LogP contribution in [0.5, 0.6) is 0 Å². The number of non-ortho nitro benzene ring substituents is 1. The third-order valence-corrected chi connectivity index (χ3v) is 6.70. The fourth-order valence-corrected chi connectivity index (χ4v) is 4.90. The highest BCUT2D eigenvalue weighted by atomic mass is 32.2. The van der Waals surface area contributed by atoms with E-state index in [0.29, 0.717) is 19.1 Å². The van der Waals surface area contributed by atoms with Gasteiger partial charge in [0.1, 0.15) is 0 Å². The van der Waals surface area contributed by atoms with Gasteiger partial charge in [-0.3, -0.25) is 15.0 Å². The lowest BCUT2D eigenvalue weighted by Crippen LogP contribution is -2.50. The van der Waals surface area contributed by atoms with Gasteiger partial charge in [-0.1, -0.05) is 0 Å². The highest BCUT2D eigenvalue weighted by molar-refractivity contribution is 7.91. The Balaban J connectivity index is 1.60. The van der Waals surface area contributed by atoms with Crippen molar-refractivity contribution < 1.29 is 13.3 Å². The Bertz CT molecular complexity index is 713. The molecule has 1 aromatic rings. The number of nitrogens with zero attached hydrogens (tertiary/aromatic N) is 3. The molecule has 2 heterocycles. The second-order valence-corrected chi connectivity index (χ2v) is 8.94. The summed E-state index contributed by atoms with van der Waals surface area (Å²) in [7, 11) is -2.83. The van der Waals surface area contributed by atoms with Crippen LogP contribution in [0.3, 0.4) is 0 Å². The van der Waals surface area contributed by atoms with Crippen LogP contribution in [0, 0.1) is 17.0 Å². The van der Waals surface area contributed by atoms with Crippen LogP contribution >= 0.6 is 0 Å². The number of anilines is 1. The quantitative estimate of drug-likeness (QED) is 0.606. The normalized spacial score (nSPS) is 22.5. The SMILES string of the molecule is Cc1cc([N+](=O)[O-])ccc1N1CCC(N2CCS(=O)(=O)CC2)CC1. The van der Waals surface area contributed by atoms with Crippen molar-refractivity contribution in [3.05, 3.63) is 33.9 Å². The van der Waals surface area contributed by atoms with Gasteiger partial charge in [-0.05, 0) is 31.4 Å². The molecule has 7 nitrogen and oxygen atoms in total. The number of nitro groups is 1. The molecule has 0 aromatic heterocycles. The molecule has 2 aliphatic rings. The Labute approximate surface area is 142 Å². The van der Waals surface area contributed by atoms with Crippen molar-refractivity contribution >= 4 is 21.2 Å². The lowest BCUT2D eigenvalue weighted by atomic mass is 10.0. The van der Waals surface area contributed by atoms with Gasteiger partial charge in [0.05, 0.1) is 16.4 Å². The minimum atomic E-state index is -2.83. The van der Waals surface area contributed by atoms with Gasteiger partial charge >= 0.3 is 0 Å². The fraction of sp³-hybridized carbons (Fsp3) is 0.625. The second-order valence-electron chi connectivity index (χ2n) is 6.63. The Morgan fingerprint density at radius 3 is 2.29 bits per heavy atom. The van der Waals surface area contributed by atoms with Gasteiger partial charge in [0.2, 0.25) is 0 Å². The smallest absolute Gasteiger partial charge is 0.269 e. The molecule has 0 radical (unpaired) electrons. The van der Waals surface area contributed by atoms with Gasteiger partial charge in [-0.15, -0.1) is 0 Å². The Morgan fingerprint density at radius 1 is 1.12 bits per heavy atom. The molecule has 0 unspecified atom stereocenters. The molecule has 0 spiro atoms. The monoisotopic (exact) mass is 353 g/mol. The fourth-order valence-electron chi connectivity index (χ4n) is 3.67. The van der Waals surface area contributed by atoms with E-state index in [1.54, 1.807) is 12.1 Å². The van der Waals surface area contributed by atoms with E-state index in [2.05, 4.69) is 9.80 Å². The minimum absolute atomic E-state index is 0.126. The summed E-state index contributed by atoms with van der Waals surface area (Å²) in [6.45, 7) is 4.98. The molecule has 2 fully saturated rings. The average Bonchev–Trinajstić information content (AvgIpc) is 2.55. The number of sulfone groups is 1. The zero-order chi connectivity index (χ0) is 17.3. The standard InChI is InChI=1S/C16H23N3O4S/c1-13-12-15(19(20)21)2-3-16(13)18-6-4-14(5-7-18)17-8-10-24(22,23)11-9-17/h2-3,12,14H,4-11H2,1H3. The molecule has 3 rings (SSSR count). The van der Waals surface area contributed by atoms with E-state index < -0.39 is 9.84 Å². The summed E-state index contributed by atoms with van der Waals surface area (Å²) in [6, 6.07) is 5.46. The van der Waals surface area contributed by atoms with Crippen LogP contribution in [0.4, 0.5) is 11.4 Å². The van der Waals surface area contributed by atoms with E-state index >= 15 is 0 Å². The molecular weight excluding hydrogens is 330 g/mol. The van der Waals surface area contributed by atoms with Gasteiger partial charge in [-0.2, -0.15) is 0 Å². The van der Waals surface area contributed by atoms with E-state index in [-0.39, 0.29) is 22.1 Å². The van der Waals surface area contributed by atoms with Gasteiger partial charge in [0.25, 0.3) is 5.69 Å². The maximum Gasteiger partial charge on any atom is 0.269 e. The van der Waals surface area contributed by atoms with Gasteiger partial charge in [0.15, 0.2) is 9.84 Å². The summed E-state index contributed by atoms with van der Waals surface area (Å²) in [4.78, 5) is 15.1. The predicted molar refractivity (Wildman–Crippen MR) is 93.3 cm³/mol. The Kier molecular flexibility index (Phi) is 4.78. The van der Waals surface area contributed by atoms with Crippen molar-refractivity contribution in [2.24, 2.45) is 0 Å². The molecule has 8 heteroatoms. The second kappa shape index (κ2) is 6.68. The molecule has 2 aliphatic heterocycles. The van der Waals surface area contributed by atoms with Gasteiger partial charge in [0, 0.05) is 50.0 Å². The van der Waals surface area contributed by atoms with Crippen molar-refractivity contribution in [3.63, 3.8) is 0 Å². The summed E-state index contributed by atoms with van der Waals surface area (Å²) in [5.74, 6) is 0.545. The largest absolute Gasteiger partial charge is 0.371 e. The van der Waals surface area contributed by atoms with Crippen molar-refractivity contribution in [1.29, 1.82) is 0 Å². The van der Waals surface area contributed by atoms with E-state index in [9.17, 15) is 18.5 Å². The number of rotatable bonds is 3. The number of nitro benzene ring substituents is 1. The summed E-state index contributed by atoms with van der Waals surface area (Å²) in [6.07, 6.45) is 1.99. The molecule has 0 amide bonds. The van der Waals surface area contributed by atoms with Gasteiger partial charge < -0.3 is 4.90 Å². The molecule has 0 bridgehead atoms. The first-order valence-corrected chi connectivity index (χ1v) is 10.1. The van der Waals surface area contributed by atoms with E-state index in [0.717, 1.165) is 37.2 Å². The van der Waals surface area contributed by atoms with Crippen LogP contribution in [-0.2, 0) is 9.84 Å². The molecule has 132 valence electrons. The van der Waals surface area contributed by atoms with Crippen molar-refractivity contribution in [3.8, 4) is 0 Å². The highest BCUT2D eigenvalue weighted by Crippen LogP contribution is 2.28. The summed E-state index contributed by atoms with van der Waals surface area (Å²) >= 11 is 0. The Morgan fingerprint density at radius 2 is 1.75 bits per heavy atom. The molecule has 0 aliphatic carbocycles. The number of benzene rings is 1. The predicted octanol–water partition coefficient (Wildman–Crippen LogP) is 1.60. The average molecular weight is 353 g/mol. The molecule has 0 atom stereocenters. The first-order valence-electron chi connectivity index (χ1n) is 8.30. The summed E-state index contributed by atoms with van der Waals surface area (Å²) in [5.41, 5.74) is 2.10. The maximum absolute atomic E-state index is 11.5. The number of hydrogen-bond donors (Lipinski definition) is 0. The lowest BCUT2D eigenvalue weighted by Gasteiger charge is -2.41.